The van der Waals surface area contributed by atoms with Gasteiger partial charge in [0.15, 0.2) is 8.11 Å². The van der Waals surface area contributed by atoms with Gasteiger partial charge in [0, 0.05) is 6.61 Å². The van der Waals surface area contributed by atoms with Gasteiger partial charge in [-0.25, -0.2) is 0 Å². The third-order valence-corrected chi connectivity index (χ3v) is 5.13. The molecule has 0 atom stereocenters. The molecule has 1 N–H and O–H groups in total. The number of allylic oxidation sites excluding steroid dienone is 1. The van der Waals surface area contributed by atoms with Crippen molar-refractivity contribution in [2.24, 2.45) is 0 Å². The molecule has 1 rings (SSSR count). The summed E-state index contributed by atoms with van der Waals surface area (Å²) >= 11 is 6.32. The first-order valence-corrected chi connectivity index (χ1v) is 7.82. The molecule has 0 bridgehead atoms. The molecule has 0 fully saturated rings. The van der Waals surface area contributed by atoms with Gasteiger partial charge >= 0.3 is 0 Å². The number of aliphatic hydroxyl groups excluding tert-OH is 1. The predicted octanol–water partition coefficient (Wildman–Crippen LogP) is 2.23. The monoisotopic (exact) mass is 239 g/mol. The van der Waals surface area contributed by atoms with E-state index < -0.39 is 8.11 Å². The van der Waals surface area contributed by atoms with Crippen LogP contribution < -0.4 is 5.19 Å². The van der Waals surface area contributed by atoms with Gasteiger partial charge in [-0.3, -0.25) is 0 Å². The molecule has 1 aromatic rings. The average molecular weight is 240 g/mol. The topological polar surface area (TPSA) is 20.2 Å². The third kappa shape index (κ3) is 4.20. The van der Waals surface area contributed by atoms with Crippen molar-refractivity contribution in [1.29, 1.82) is 0 Å². The fourth-order valence-electron chi connectivity index (χ4n) is 1.41. The van der Waals surface area contributed by atoms with Gasteiger partial charge in [0.1, 0.15) is 0 Å². The lowest BCUT2D eigenvalue weighted by molar-refractivity contribution is 0.295. The molecule has 0 aromatic heterocycles. The van der Waals surface area contributed by atoms with Crippen LogP contribution in [0.2, 0.25) is 6.04 Å². The summed E-state index contributed by atoms with van der Waals surface area (Å²) in [4.78, 5) is 0. The number of halogens is 1. The molecule has 0 heterocycles. The summed E-state index contributed by atoms with van der Waals surface area (Å²) in [5.74, 6) is 0. The molecule has 3 heteroatoms. The van der Waals surface area contributed by atoms with Crippen LogP contribution in [-0.2, 0) is 6.42 Å². The Hall–Kier alpha value is -0.573. The molecule has 0 aliphatic heterocycles. The summed E-state index contributed by atoms with van der Waals surface area (Å²) in [7, 11) is -0.992. The van der Waals surface area contributed by atoms with Crippen molar-refractivity contribution in [3.63, 3.8) is 0 Å². The van der Waals surface area contributed by atoms with Crippen molar-refractivity contribution in [2.45, 2.75) is 18.9 Å². The summed E-state index contributed by atoms with van der Waals surface area (Å²) < 4.78 is 0. The highest BCUT2D eigenvalue weighted by Crippen LogP contribution is 2.06. The minimum absolute atomic E-state index is 0.229. The van der Waals surface area contributed by atoms with E-state index in [0.29, 0.717) is 0 Å². The highest BCUT2D eigenvalue weighted by atomic mass is 35.6. The van der Waals surface area contributed by atoms with Crippen molar-refractivity contribution in [3.05, 3.63) is 42.5 Å². The fourth-order valence-corrected chi connectivity index (χ4v) is 3.54. The zero-order valence-electron chi connectivity index (χ0n) is 8.75. The summed E-state index contributed by atoms with van der Waals surface area (Å²) in [5.41, 5.74) is 1.26. The van der Waals surface area contributed by atoms with Gasteiger partial charge in [-0.05, 0) is 29.6 Å². The molecular weight excluding hydrogens is 224 g/mol. The zero-order chi connectivity index (χ0) is 11.1. The van der Waals surface area contributed by atoms with Gasteiger partial charge in [-0.1, -0.05) is 30.3 Å². The molecule has 15 heavy (non-hydrogen) atoms. The van der Waals surface area contributed by atoms with E-state index in [9.17, 15) is 0 Å². The van der Waals surface area contributed by atoms with Crippen molar-refractivity contribution >= 4 is 24.4 Å². The molecule has 0 saturated carbocycles. The van der Waals surface area contributed by atoms with E-state index in [2.05, 4.69) is 24.8 Å². The lowest BCUT2D eigenvalue weighted by Gasteiger charge is -2.07. The number of rotatable bonds is 6. The lowest BCUT2D eigenvalue weighted by Crippen LogP contribution is -2.24. The number of aliphatic hydroxyl groups is 1. The minimum Gasteiger partial charge on any atom is -0.396 e. The maximum atomic E-state index is 8.75. The van der Waals surface area contributed by atoms with Crippen LogP contribution in [0.3, 0.4) is 0 Å². The molecule has 0 aliphatic rings. The molecular formula is C12H16ClOSi. The van der Waals surface area contributed by atoms with E-state index in [1.807, 2.05) is 12.1 Å². The minimum atomic E-state index is -0.992. The maximum absolute atomic E-state index is 8.75. The van der Waals surface area contributed by atoms with Gasteiger partial charge in [0.25, 0.3) is 0 Å². The van der Waals surface area contributed by atoms with Crippen LogP contribution in [0, 0.1) is 0 Å². The van der Waals surface area contributed by atoms with Crippen LogP contribution in [-0.4, -0.2) is 19.8 Å². The van der Waals surface area contributed by atoms with Crippen molar-refractivity contribution < 1.29 is 5.11 Å². The lowest BCUT2D eigenvalue weighted by atomic mass is 10.1. The molecule has 81 valence electrons. The van der Waals surface area contributed by atoms with E-state index in [0.717, 1.165) is 18.9 Å². The van der Waals surface area contributed by atoms with Gasteiger partial charge in [-0.15, -0.1) is 6.58 Å². The highest BCUT2D eigenvalue weighted by molar-refractivity contribution is 7.14. The van der Waals surface area contributed by atoms with Crippen LogP contribution in [0.5, 0.6) is 0 Å². The van der Waals surface area contributed by atoms with Gasteiger partial charge in [0.2, 0.25) is 0 Å². The van der Waals surface area contributed by atoms with Crippen LogP contribution >= 0.6 is 11.1 Å². The normalized spacial score (nSPS) is 10.6. The van der Waals surface area contributed by atoms with Crippen LogP contribution in [0.4, 0.5) is 0 Å². The van der Waals surface area contributed by atoms with E-state index in [1.54, 1.807) is 0 Å². The Balaban J connectivity index is 2.66. The molecule has 0 aliphatic carbocycles. The summed E-state index contributed by atoms with van der Waals surface area (Å²) in [6.07, 6.45) is 3.58. The number of hydrogen-bond donors (Lipinski definition) is 1. The third-order valence-electron chi connectivity index (χ3n) is 2.17. The first kappa shape index (κ1) is 12.5. The molecule has 0 unspecified atom stereocenters. The Morgan fingerprint density at radius 3 is 2.93 bits per heavy atom. The summed E-state index contributed by atoms with van der Waals surface area (Å²) in [6.45, 7) is 3.95. The molecule has 1 aromatic carbocycles. The van der Waals surface area contributed by atoms with Crippen LogP contribution in [0.1, 0.15) is 12.0 Å². The van der Waals surface area contributed by atoms with Gasteiger partial charge in [-0.2, -0.15) is 11.1 Å². The van der Waals surface area contributed by atoms with Crippen molar-refractivity contribution in [3.8, 4) is 0 Å². The molecule has 1 nitrogen and oxygen atoms in total. The second-order valence-electron chi connectivity index (χ2n) is 3.43. The Bertz CT molecular complexity index is 314. The van der Waals surface area contributed by atoms with E-state index in [1.165, 1.54) is 10.8 Å². The summed E-state index contributed by atoms with van der Waals surface area (Å²) in [5, 5.41) is 9.98. The molecule has 0 amide bonds. The highest BCUT2D eigenvalue weighted by Gasteiger charge is 2.10. The second-order valence-corrected chi connectivity index (χ2v) is 6.68. The largest absolute Gasteiger partial charge is 0.396 e. The maximum Gasteiger partial charge on any atom is 0.199 e. The molecule has 0 spiro atoms. The first-order valence-electron chi connectivity index (χ1n) is 5.10. The SMILES string of the molecule is C=CCc1cccc([Si](Cl)CCCO)c1. The number of benzene rings is 1. The Morgan fingerprint density at radius 1 is 1.47 bits per heavy atom. The second kappa shape index (κ2) is 6.83. The van der Waals surface area contributed by atoms with Gasteiger partial charge in [0.05, 0.1) is 0 Å². The molecule has 1 radical (unpaired) electrons. The smallest absolute Gasteiger partial charge is 0.199 e. The Labute approximate surface area is 97.7 Å². The quantitative estimate of drug-likeness (QED) is 0.459. The first-order chi connectivity index (χ1) is 7.27. The van der Waals surface area contributed by atoms with Gasteiger partial charge < -0.3 is 5.11 Å². The van der Waals surface area contributed by atoms with Crippen LogP contribution in [0.15, 0.2) is 36.9 Å². The zero-order valence-corrected chi connectivity index (χ0v) is 10.5. The van der Waals surface area contributed by atoms with Crippen molar-refractivity contribution in [1.82, 2.24) is 0 Å². The van der Waals surface area contributed by atoms with Crippen molar-refractivity contribution in [2.75, 3.05) is 6.61 Å². The standard InChI is InChI=1S/C12H16ClOSi/c1-2-5-11-6-3-7-12(10-11)15(13)9-4-8-14/h2-3,6-7,10,14H,1,4-5,8-9H2. The van der Waals surface area contributed by atoms with E-state index in [4.69, 9.17) is 16.2 Å². The van der Waals surface area contributed by atoms with Crippen LogP contribution in [0.25, 0.3) is 0 Å². The fraction of sp³-hybridized carbons (Fsp3) is 0.333. The number of hydrogen-bond acceptors (Lipinski definition) is 1. The van der Waals surface area contributed by atoms with E-state index >= 15 is 0 Å². The Kier molecular flexibility index (Phi) is 5.69. The van der Waals surface area contributed by atoms with E-state index in [-0.39, 0.29) is 6.61 Å². The average Bonchev–Trinajstić information content (AvgIpc) is 2.27. The molecule has 0 saturated heterocycles. The predicted molar refractivity (Wildman–Crippen MR) is 68.1 cm³/mol. The Morgan fingerprint density at radius 2 is 2.27 bits per heavy atom. The summed E-state index contributed by atoms with van der Waals surface area (Å²) in [6, 6.07) is 9.27.